The van der Waals surface area contributed by atoms with Crippen molar-refractivity contribution in [2.75, 3.05) is 6.54 Å². The molecule has 2 aromatic rings. The number of carbonyl (C=O) groups excluding carboxylic acids is 4. The quantitative estimate of drug-likeness (QED) is 0.382. The number of nitrogens with two attached hydrogens (primary N) is 2. The van der Waals surface area contributed by atoms with Crippen molar-refractivity contribution in [2.45, 2.75) is 59.2 Å². The molecule has 3 rings (SSSR count). The van der Waals surface area contributed by atoms with Gasteiger partial charge in [-0.05, 0) is 23.5 Å². The fourth-order valence-corrected chi connectivity index (χ4v) is 5.70. The Hall–Kier alpha value is -3.31. The van der Waals surface area contributed by atoms with Crippen LogP contribution in [0.1, 0.15) is 44.9 Å². The van der Waals surface area contributed by atoms with Gasteiger partial charge in [0.2, 0.25) is 23.6 Å². The van der Waals surface area contributed by atoms with Crippen molar-refractivity contribution in [1.29, 1.82) is 0 Å². The molecule has 1 fully saturated rings. The lowest BCUT2D eigenvalue weighted by atomic mass is 9.70. The van der Waals surface area contributed by atoms with Crippen molar-refractivity contribution in [3.05, 3.63) is 41.0 Å². The van der Waals surface area contributed by atoms with Crippen molar-refractivity contribution in [1.82, 2.24) is 15.2 Å². The van der Waals surface area contributed by atoms with Crippen molar-refractivity contribution < 1.29 is 24.3 Å². The zero-order valence-electron chi connectivity index (χ0n) is 21.6. The molecule has 4 amide bonds. The van der Waals surface area contributed by atoms with Gasteiger partial charge in [-0.15, -0.1) is 11.3 Å². The van der Waals surface area contributed by atoms with Gasteiger partial charge in [-0.2, -0.15) is 0 Å². The molecule has 37 heavy (non-hydrogen) atoms. The third-order valence-corrected chi connectivity index (χ3v) is 7.66. The summed E-state index contributed by atoms with van der Waals surface area (Å²) in [5.74, 6) is -4.63. The van der Waals surface area contributed by atoms with E-state index in [9.17, 15) is 24.3 Å². The van der Waals surface area contributed by atoms with E-state index in [0.29, 0.717) is 0 Å². The van der Waals surface area contributed by atoms with Crippen LogP contribution in [0, 0.1) is 24.2 Å². The number of thiazole rings is 1. The number of likely N-dealkylation sites (tertiary alicyclic amines) is 1. The molecule has 0 aliphatic carbocycles. The normalized spacial score (nSPS) is 19.3. The number of rotatable bonds is 9. The molecule has 4 atom stereocenters. The SMILES string of the molecule is Cc1ncsc1-c1ccc(CNC(=O)[C@@H]2C[C@@H](O)CN2C(=O)C(C(CC(N)=O)C(N)=O)C(C)(C)C)cc1. The molecule has 0 radical (unpaired) electrons. The van der Waals surface area contributed by atoms with Crippen LogP contribution < -0.4 is 16.8 Å². The third-order valence-electron chi connectivity index (χ3n) is 6.68. The zero-order valence-corrected chi connectivity index (χ0v) is 22.4. The number of aromatic nitrogens is 1. The number of benzene rings is 1. The van der Waals surface area contributed by atoms with Crippen LogP contribution >= 0.6 is 11.3 Å². The van der Waals surface area contributed by atoms with Crippen LogP contribution in [0.5, 0.6) is 0 Å². The van der Waals surface area contributed by atoms with Crippen LogP contribution in [0.2, 0.25) is 0 Å². The average Bonchev–Trinajstić information content (AvgIpc) is 3.41. The Bertz CT molecular complexity index is 1160. The number of nitrogens with zero attached hydrogens (tertiary/aromatic N) is 2. The largest absolute Gasteiger partial charge is 0.391 e. The van der Waals surface area contributed by atoms with Gasteiger partial charge >= 0.3 is 0 Å². The fraction of sp³-hybridized carbons (Fsp3) is 0.500. The van der Waals surface area contributed by atoms with Gasteiger partial charge in [-0.1, -0.05) is 45.0 Å². The van der Waals surface area contributed by atoms with Crippen molar-refractivity contribution in [3.63, 3.8) is 0 Å². The molecule has 2 heterocycles. The predicted molar refractivity (Wildman–Crippen MR) is 140 cm³/mol. The maximum Gasteiger partial charge on any atom is 0.243 e. The van der Waals surface area contributed by atoms with E-state index < -0.39 is 53.0 Å². The number of carbonyl (C=O) groups is 4. The number of nitrogens with one attached hydrogen (secondary N) is 1. The van der Waals surface area contributed by atoms with E-state index in [1.807, 2.05) is 31.2 Å². The highest BCUT2D eigenvalue weighted by Crippen LogP contribution is 2.37. The molecule has 1 aromatic heterocycles. The number of hydrogen-bond donors (Lipinski definition) is 4. The summed E-state index contributed by atoms with van der Waals surface area (Å²) in [7, 11) is 0. The zero-order chi connectivity index (χ0) is 27.5. The number of aliphatic hydroxyl groups excluding tert-OH is 1. The molecule has 1 aromatic carbocycles. The average molecular weight is 530 g/mol. The first kappa shape index (κ1) is 28.3. The van der Waals surface area contributed by atoms with Gasteiger partial charge in [0, 0.05) is 25.9 Å². The standard InChI is InChI=1S/C26H35N5O5S/c1-14-22(37-13-30-14)16-7-5-15(6-8-16)11-29-24(35)19-9-17(32)12-31(19)25(36)21(26(2,3)4)18(23(28)34)10-20(27)33/h5-8,13,17-19,21,32H,9-12H2,1-4H3,(H2,27,33)(H2,28,34)(H,29,35)/t17-,18?,19+,21?/m1/s1. The van der Waals surface area contributed by atoms with E-state index in [0.717, 1.165) is 21.7 Å². The molecule has 200 valence electrons. The van der Waals surface area contributed by atoms with E-state index in [-0.39, 0.29) is 25.9 Å². The molecule has 1 saturated heterocycles. The number of hydrogen-bond acceptors (Lipinski definition) is 7. The highest BCUT2D eigenvalue weighted by molar-refractivity contribution is 7.13. The number of aryl methyl sites for hydroxylation is 1. The Labute approximate surface area is 220 Å². The van der Waals surface area contributed by atoms with E-state index >= 15 is 0 Å². The predicted octanol–water partition coefficient (Wildman–Crippen LogP) is 1.34. The molecular weight excluding hydrogens is 494 g/mol. The molecule has 6 N–H and O–H groups in total. The molecule has 1 aliphatic heterocycles. The Kier molecular flexibility index (Phi) is 8.70. The van der Waals surface area contributed by atoms with Crippen LogP contribution in [0.15, 0.2) is 29.8 Å². The number of primary amides is 2. The minimum Gasteiger partial charge on any atom is -0.391 e. The summed E-state index contributed by atoms with van der Waals surface area (Å²) >= 11 is 1.56. The Morgan fingerprint density at radius 2 is 1.84 bits per heavy atom. The lowest BCUT2D eigenvalue weighted by Crippen LogP contribution is -2.53. The molecule has 0 bridgehead atoms. The van der Waals surface area contributed by atoms with Crippen molar-refractivity contribution in [3.8, 4) is 10.4 Å². The first-order valence-corrected chi connectivity index (χ1v) is 13.0. The second-order valence-electron chi connectivity index (χ2n) is 10.6. The van der Waals surface area contributed by atoms with Crippen molar-refractivity contribution >= 4 is 35.0 Å². The molecule has 1 aliphatic rings. The lowest BCUT2D eigenvalue weighted by molar-refractivity contribution is -0.150. The molecule has 0 spiro atoms. The summed E-state index contributed by atoms with van der Waals surface area (Å²) in [6, 6.07) is 6.84. The first-order chi connectivity index (χ1) is 17.3. The van der Waals surface area contributed by atoms with Gasteiger partial charge in [0.1, 0.15) is 6.04 Å². The van der Waals surface area contributed by atoms with Gasteiger partial charge in [0.25, 0.3) is 0 Å². The number of aliphatic hydroxyl groups is 1. The highest BCUT2D eigenvalue weighted by Gasteiger charge is 2.48. The van der Waals surface area contributed by atoms with E-state index in [4.69, 9.17) is 11.5 Å². The fourth-order valence-electron chi connectivity index (χ4n) is 4.89. The van der Waals surface area contributed by atoms with E-state index in [1.54, 1.807) is 37.6 Å². The first-order valence-electron chi connectivity index (χ1n) is 12.1. The van der Waals surface area contributed by atoms with E-state index in [1.165, 1.54) is 4.90 Å². The minimum atomic E-state index is -1.13. The molecule has 11 heteroatoms. The monoisotopic (exact) mass is 529 g/mol. The number of β-amino-alcohol motifs (C(OH)–C–C–N with tert-alkyl or cyclic N) is 1. The molecular formula is C26H35N5O5S. The summed E-state index contributed by atoms with van der Waals surface area (Å²) in [6.45, 7) is 7.40. The molecule has 2 unspecified atom stereocenters. The third kappa shape index (κ3) is 6.72. The molecule has 0 saturated carbocycles. The van der Waals surface area contributed by atoms with Crippen molar-refractivity contribution in [2.24, 2.45) is 28.7 Å². The van der Waals surface area contributed by atoms with Gasteiger partial charge in [0.05, 0.1) is 34.0 Å². The van der Waals surface area contributed by atoms with Gasteiger partial charge < -0.3 is 26.8 Å². The van der Waals surface area contributed by atoms with E-state index in [2.05, 4.69) is 10.3 Å². The summed E-state index contributed by atoms with van der Waals surface area (Å²) < 4.78 is 0. The highest BCUT2D eigenvalue weighted by atomic mass is 32.1. The maximum absolute atomic E-state index is 13.7. The second-order valence-corrected chi connectivity index (χ2v) is 11.5. The summed E-state index contributed by atoms with van der Waals surface area (Å²) in [6.07, 6.45) is -1.21. The summed E-state index contributed by atoms with van der Waals surface area (Å²) in [5, 5.41) is 13.2. The maximum atomic E-state index is 13.7. The van der Waals surface area contributed by atoms with Crippen LogP contribution in [0.4, 0.5) is 0 Å². The Balaban J connectivity index is 1.74. The lowest BCUT2D eigenvalue weighted by Gasteiger charge is -2.38. The Morgan fingerprint density at radius 3 is 2.35 bits per heavy atom. The van der Waals surface area contributed by atoms with Crippen LogP contribution in [-0.4, -0.2) is 57.3 Å². The van der Waals surface area contributed by atoms with Crippen LogP contribution in [0.3, 0.4) is 0 Å². The molecule has 10 nitrogen and oxygen atoms in total. The Morgan fingerprint density at radius 1 is 1.19 bits per heavy atom. The van der Waals surface area contributed by atoms with Crippen LogP contribution in [0.25, 0.3) is 10.4 Å². The smallest absolute Gasteiger partial charge is 0.243 e. The van der Waals surface area contributed by atoms with Gasteiger partial charge in [0.15, 0.2) is 0 Å². The van der Waals surface area contributed by atoms with Gasteiger partial charge in [-0.25, -0.2) is 4.98 Å². The van der Waals surface area contributed by atoms with Gasteiger partial charge in [-0.3, -0.25) is 19.2 Å². The van der Waals surface area contributed by atoms with Crippen LogP contribution in [-0.2, 0) is 25.7 Å². The summed E-state index contributed by atoms with van der Waals surface area (Å²) in [5.41, 5.74) is 14.8. The number of amides is 4. The second kappa shape index (κ2) is 11.4. The topological polar surface area (TPSA) is 169 Å². The minimum absolute atomic E-state index is 0.0611. The summed E-state index contributed by atoms with van der Waals surface area (Å²) in [4.78, 5) is 57.3.